The van der Waals surface area contributed by atoms with E-state index >= 15 is 0 Å². The number of unbranched alkanes of at least 4 members (excludes halogenated alkanes) is 1. The summed E-state index contributed by atoms with van der Waals surface area (Å²) in [5.74, 6) is 2.20. The van der Waals surface area contributed by atoms with Crippen LogP contribution >= 0.6 is 11.8 Å². The van der Waals surface area contributed by atoms with Crippen molar-refractivity contribution in [1.29, 1.82) is 0 Å². The molecule has 2 aliphatic heterocycles. The van der Waals surface area contributed by atoms with E-state index in [0.29, 0.717) is 18.2 Å². The Labute approximate surface area is 253 Å². The molecule has 0 spiro atoms. The summed E-state index contributed by atoms with van der Waals surface area (Å²) in [5, 5.41) is 0.293. The number of nitrogens with zero attached hydrogens (tertiary/aromatic N) is 2. The van der Waals surface area contributed by atoms with Crippen LogP contribution in [0.15, 0.2) is 78.9 Å². The number of benzene rings is 3. The molecule has 0 saturated carbocycles. The average molecular weight is 589 g/mol. The minimum Gasteiger partial charge on any atom is -0.497 e. The van der Waals surface area contributed by atoms with Crippen LogP contribution < -0.4 is 9.47 Å². The third kappa shape index (κ3) is 5.33. The van der Waals surface area contributed by atoms with E-state index in [1.165, 1.54) is 7.11 Å². The molecule has 0 N–H and O–H groups in total. The van der Waals surface area contributed by atoms with Gasteiger partial charge < -0.3 is 24.0 Å². The summed E-state index contributed by atoms with van der Waals surface area (Å²) in [7, 11) is 4.76. The van der Waals surface area contributed by atoms with Gasteiger partial charge in [0.2, 0.25) is 0 Å². The van der Waals surface area contributed by atoms with Crippen LogP contribution in [-0.2, 0) is 15.1 Å². The average Bonchev–Trinajstić information content (AvgIpc) is 3.57. The lowest BCUT2D eigenvalue weighted by Crippen LogP contribution is -2.54. The minimum atomic E-state index is -0.885. The molecule has 2 amide bonds. The van der Waals surface area contributed by atoms with Crippen LogP contribution in [0.5, 0.6) is 11.5 Å². The number of methoxy groups -OCH3 is 3. The maximum Gasteiger partial charge on any atom is 0.321 e. The molecule has 7 nitrogen and oxygen atoms in total. The molecule has 42 heavy (non-hydrogen) atoms. The molecule has 2 fully saturated rings. The summed E-state index contributed by atoms with van der Waals surface area (Å²) in [6, 6.07) is 26.7. The molecule has 3 atom stereocenters. The highest BCUT2D eigenvalue weighted by atomic mass is 32.2. The zero-order valence-electron chi connectivity index (χ0n) is 24.8. The van der Waals surface area contributed by atoms with Gasteiger partial charge in [0.1, 0.15) is 17.0 Å². The van der Waals surface area contributed by atoms with Crippen molar-refractivity contribution in [3.05, 3.63) is 95.6 Å². The predicted molar refractivity (Wildman–Crippen MR) is 166 cm³/mol. The molecule has 222 valence electrons. The first-order valence-electron chi connectivity index (χ1n) is 14.6. The molecular weight excluding hydrogens is 548 g/mol. The number of hydrogen-bond acceptors (Lipinski definition) is 6. The zero-order valence-corrected chi connectivity index (χ0v) is 25.6. The van der Waals surface area contributed by atoms with Gasteiger partial charge in [0.05, 0.1) is 33.4 Å². The minimum absolute atomic E-state index is 0.00235. The monoisotopic (exact) mass is 588 g/mol. The third-order valence-corrected chi connectivity index (χ3v) is 10.1. The van der Waals surface area contributed by atoms with Crippen molar-refractivity contribution in [3.8, 4) is 11.5 Å². The van der Waals surface area contributed by atoms with E-state index < -0.39 is 5.54 Å². The van der Waals surface area contributed by atoms with E-state index in [0.717, 1.165) is 53.2 Å². The van der Waals surface area contributed by atoms with Crippen molar-refractivity contribution in [1.82, 2.24) is 9.80 Å². The molecule has 3 aromatic rings. The molecule has 0 bridgehead atoms. The fourth-order valence-electron chi connectivity index (χ4n) is 6.68. The maximum atomic E-state index is 14.7. The van der Waals surface area contributed by atoms with E-state index in [1.807, 2.05) is 54.2 Å². The van der Waals surface area contributed by atoms with Gasteiger partial charge in [-0.05, 0) is 60.7 Å². The number of amides is 2. The lowest BCUT2D eigenvalue weighted by atomic mass is 9.74. The second-order valence-corrected chi connectivity index (χ2v) is 12.0. The summed E-state index contributed by atoms with van der Waals surface area (Å²) in [4.78, 5) is 30.6. The Kier molecular flexibility index (Phi) is 9.31. The number of rotatable bonds is 12. The fraction of sp³-hybridized carbons (Fsp3) is 0.412. The highest BCUT2D eigenvalue weighted by Gasteiger charge is 2.60. The topological polar surface area (TPSA) is 68.3 Å². The Balaban J connectivity index is 1.63. The van der Waals surface area contributed by atoms with E-state index in [1.54, 1.807) is 14.2 Å². The van der Waals surface area contributed by atoms with E-state index in [-0.39, 0.29) is 24.1 Å². The second-order valence-electron chi connectivity index (χ2n) is 10.7. The Morgan fingerprint density at radius 2 is 1.43 bits per heavy atom. The number of urea groups is 1. The first-order chi connectivity index (χ1) is 20.5. The van der Waals surface area contributed by atoms with Crippen LogP contribution in [0.25, 0.3) is 0 Å². The number of carbonyl (C=O) groups is 2. The highest BCUT2D eigenvalue weighted by Crippen LogP contribution is 2.52. The van der Waals surface area contributed by atoms with Gasteiger partial charge in [-0.15, -0.1) is 0 Å². The fourth-order valence-corrected chi connectivity index (χ4v) is 8.33. The lowest BCUT2D eigenvalue weighted by molar-refractivity contribution is -0.140. The van der Waals surface area contributed by atoms with Gasteiger partial charge >= 0.3 is 12.0 Å². The molecule has 2 heterocycles. The van der Waals surface area contributed by atoms with Crippen molar-refractivity contribution in [2.45, 2.75) is 55.5 Å². The molecule has 3 aromatic carbocycles. The first kappa shape index (κ1) is 29.8. The number of fused-ring (bicyclic) bond motifs is 1. The third-order valence-electron chi connectivity index (χ3n) is 8.66. The molecule has 2 aliphatic rings. The van der Waals surface area contributed by atoms with E-state index in [2.05, 4.69) is 53.1 Å². The number of likely N-dealkylation sites (N-methyl/N-ethyl adjacent to an activating group) is 1. The SMILES string of the molecule is CCN1C(=O)N(C(c2ccccc2)(c2ccc(OC)cc2)c2ccc(OC)cc2)[C@H]2CS[C@@H](CCCCC(=O)OC)[C@H]21. The Morgan fingerprint density at radius 1 is 0.857 bits per heavy atom. The standard InChI is InChI=1S/C34H40N2O5S/c1-5-35-32-29(23-42-30(32)13-9-10-14-31(37)41-4)36(33(35)38)34(24-11-7-6-8-12-24,25-15-19-27(39-2)20-16-25)26-17-21-28(40-3)22-18-26/h6-8,11-12,15-22,29-30,32H,5,9-10,13-14,23H2,1-4H3/t29-,30-,32-/m0/s1. The number of esters is 1. The van der Waals surface area contributed by atoms with Gasteiger partial charge in [-0.25, -0.2) is 4.79 Å². The van der Waals surface area contributed by atoms with Crippen LogP contribution in [0, 0.1) is 0 Å². The van der Waals surface area contributed by atoms with Crippen molar-refractivity contribution in [2.24, 2.45) is 0 Å². The molecule has 2 saturated heterocycles. The number of hydrogen-bond donors (Lipinski definition) is 0. The van der Waals surface area contributed by atoms with Gasteiger partial charge in [-0.2, -0.15) is 11.8 Å². The van der Waals surface area contributed by atoms with Crippen LogP contribution in [0.2, 0.25) is 0 Å². The Bertz CT molecular complexity index is 1300. The van der Waals surface area contributed by atoms with Crippen LogP contribution in [0.3, 0.4) is 0 Å². The highest BCUT2D eigenvalue weighted by molar-refractivity contribution is 8.00. The van der Waals surface area contributed by atoms with Gasteiger partial charge in [0, 0.05) is 24.0 Å². The van der Waals surface area contributed by atoms with Crippen molar-refractivity contribution in [2.75, 3.05) is 33.6 Å². The van der Waals surface area contributed by atoms with Crippen LogP contribution in [0.4, 0.5) is 4.79 Å². The lowest BCUT2D eigenvalue weighted by Gasteiger charge is -2.45. The van der Waals surface area contributed by atoms with Gasteiger partial charge in [-0.1, -0.05) is 61.0 Å². The smallest absolute Gasteiger partial charge is 0.321 e. The molecule has 0 aromatic heterocycles. The Hall–Kier alpha value is -3.65. The summed E-state index contributed by atoms with van der Waals surface area (Å²) in [6.07, 6.45) is 3.08. The van der Waals surface area contributed by atoms with Gasteiger partial charge in [0.15, 0.2) is 0 Å². The van der Waals surface area contributed by atoms with Gasteiger partial charge in [0.25, 0.3) is 0 Å². The number of carbonyl (C=O) groups excluding carboxylic acids is 2. The molecule has 0 radical (unpaired) electrons. The maximum absolute atomic E-state index is 14.7. The van der Waals surface area contributed by atoms with Crippen LogP contribution in [0.1, 0.15) is 49.3 Å². The van der Waals surface area contributed by atoms with Crippen molar-refractivity contribution in [3.63, 3.8) is 0 Å². The quantitative estimate of drug-likeness (QED) is 0.106. The summed E-state index contributed by atoms with van der Waals surface area (Å²) < 4.78 is 15.9. The van der Waals surface area contributed by atoms with Crippen molar-refractivity contribution < 1.29 is 23.8 Å². The summed E-state index contributed by atoms with van der Waals surface area (Å²) in [5.41, 5.74) is 2.13. The number of thioether (sulfide) groups is 1. The largest absolute Gasteiger partial charge is 0.497 e. The van der Waals surface area contributed by atoms with Crippen molar-refractivity contribution >= 4 is 23.8 Å². The summed E-state index contributed by atoms with van der Waals surface area (Å²) in [6.45, 7) is 2.70. The molecular formula is C34H40N2O5S. The Morgan fingerprint density at radius 3 is 1.95 bits per heavy atom. The zero-order chi connectivity index (χ0) is 29.7. The molecule has 0 aliphatic carbocycles. The molecule has 5 rings (SSSR count). The number of ether oxygens (including phenoxy) is 3. The van der Waals surface area contributed by atoms with E-state index in [4.69, 9.17) is 14.2 Å². The normalized spacial score (nSPS) is 20.0. The predicted octanol–water partition coefficient (Wildman–Crippen LogP) is 6.34. The second kappa shape index (κ2) is 13.1. The molecule has 8 heteroatoms. The van der Waals surface area contributed by atoms with E-state index in [9.17, 15) is 9.59 Å². The molecule has 0 unspecified atom stereocenters. The summed E-state index contributed by atoms with van der Waals surface area (Å²) >= 11 is 1.95. The first-order valence-corrected chi connectivity index (χ1v) is 15.7. The van der Waals surface area contributed by atoms with Gasteiger partial charge in [-0.3, -0.25) is 4.79 Å². The van der Waals surface area contributed by atoms with Crippen LogP contribution in [-0.4, -0.2) is 72.8 Å².